The molecule has 1 aliphatic carbocycles. The van der Waals surface area contributed by atoms with Crippen LogP contribution in [0, 0.1) is 0 Å². The first-order valence-electron chi connectivity index (χ1n) is 7.09. The highest BCUT2D eigenvalue weighted by Crippen LogP contribution is 2.39. The molecule has 2 fully saturated rings. The van der Waals surface area contributed by atoms with Gasteiger partial charge in [-0.3, -0.25) is 4.99 Å². The van der Waals surface area contributed by atoms with Crippen LogP contribution in [0.5, 0.6) is 0 Å². The molecular weight excluding hydrogens is 258 g/mol. The number of aromatic nitrogens is 2. The molecule has 110 valence electrons. The van der Waals surface area contributed by atoms with E-state index in [1.54, 1.807) is 4.90 Å². The molecule has 20 heavy (non-hydrogen) atoms. The Morgan fingerprint density at radius 2 is 2.15 bits per heavy atom. The Balaban J connectivity index is 1.54. The number of ether oxygens (including phenoxy) is 1. The predicted molar refractivity (Wildman–Crippen MR) is 73.3 cm³/mol. The third-order valence-corrected chi connectivity index (χ3v) is 3.70. The van der Waals surface area contributed by atoms with E-state index in [0.717, 1.165) is 18.7 Å². The lowest BCUT2D eigenvalue weighted by atomic mass is 10.2. The van der Waals surface area contributed by atoms with Crippen LogP contribution < -0.4 is 5.73 Å². The van der Waals surface area contributed by atoms with Gasteiger partial charge in [0.15, 0.2) is 11.8 Å². The first kappa shape index (κ1) is 13.4. The van der Waals surface area contributed by atoms with E-state index in [9.17, 15) is 0 Å². The quantitative estimate of drug-likeness (QED) is 0.654. The topological polar surface area (TPSA) is 89.8 Å². The van der Waals surface area contributed by atoms with Crippen LogP contribution in [-0.4, -0.2) is 47.7 Å². The number of hydrogen-bond donors (Lipinski definition) is 1. The average Bonchev–Trinajstić information content (AvgIpc) is 2.99. The summed E-state index contributed by atoms with van der Waals surface area (Å²) in [6, 6.07) is 0. The van der Waals surface area contributed by atoms with E-state index < -0.39 is 0 Å². The SMILES string of the molecule is CN(C)C(N)=NC[C@H]1CC[C@@H](c2nc(C3CC3)no2)O1. The molecule has 0 aromatic carbocycles. The molecule has 0 unspecified atom stereocenters. The minimum Gasteiger partial charge on any atom is -0.370 e. The number of rotatable bonds is 4. The van der Waals surface area contributed by atoms with Crippen LogP contribution >= 0.6 is 0 Å². The van der Waals surface area contributed by atoms with Gasteiger partial charge in [0.2, 0.25) is 0 Å². The third kappa shape index (κ3) is 2.92. The van der Waals surface area contributed by atoms with Gasteiger partial charge < -0.3 is 19.9 Å². The predicted octanol–water partition coefficient (Wildman–Crippen LogP) is 1.04. The highest BCUT2D eigenvalue weighted by Gasteiger charge is 2.34. The Morgan fingerprint density at radius 1 is 1.35 bits per heavy atom. The minimum absolute atomic E-state index is 0.0785. The van der Waals surface area contributed by atoms with Crippen LogP contribution in [0.2, 0.25) is 0 Å². The second-order valence-corrected chi connectivity index (χ2v) is 5.68. The molecule has 2 aliphatic rings. The summed E-state index contributed by atoms with van der Waals surface area (Å²) in [5, 5.41) is 4.02. The third-order valence-electron chi connectivity index (χ3n) is 3.70. The summed E-state index contributed by atoms with van der Waals surface area (Å²) in [6.07, 6.45) is 4.17. The number of guanidine groups is 1. The molecule has 1 saturated heterocycles. The molecule has 1 aromatic heterocycles. The van der Waals surface area contributed by atoms with Gasteiger partial charge in [-0.2, -0.15) is 4.98 Å². The molecule has 0 amide bonds. The van der Waals surface area contributed by atoms with E-state index in [0.29, 0.717) is 24.3 Å². The van der Waals surface area contributed by atoms with Gasteiger partial charge in [0.25, 0.3) is 5.89 Å². The number of hydrogen-bond acceptors (Lipinski definition) is 5. The maximum atomic E-state index is 5.91. The summed E-state index contributed by atoms with van der Waals surface area (Å²) in [5.74, 6) is 2.47. The van der Waals surface area contributed by atoms with E-state index in [1.807, 2.05) is 14.1 Å². The van der Waals surface area contributed by atoms with Crippen molar-refractivity contribution in [3.8, 4) is 0 Å². The second kappa shape index (κ2) is 5.40. The lowest BCUT2D eigenvalue weighted by Gasteiger charge is -2.13. The van der Waals surface area contributed by atoms with Gasteiger partial charge in [0, 0.05) is 20.0 Å². The van der Waals surface area contributed by atoms with Gasteiger partial charge in [-0.25, -0.2) is 0 Å². The van der Waals surface area contributed by atoms with E-state index in [4.69, 9.17) is 15.0 Å². The number of nitrogens with two attached hydrogens (primary N) is 1. The van der Waals surface area contributed by atoms with Gasteiger partial charge in [-0.05, 0) is 25.7 Å². The van der Waals surface area contributed by atoms with Crippen molar-refractivity contribution in [1.29, 1.82) is 0 Å². The van der Waals surface area contributed by atoms with Crippen molar-refractivity contribution in [2.24, 2.45) is 10.7 Å². The monoisotopic (exact) mass is 279 g/mol. The summed E-state index contributed by atoms with van der Waals surface area (Å²) in [6.45, 7) is 0.574. The van der Waals surface area contributed by atoms with Gasteiger partial charge in [0.05, 0.1) is 12.6 Å². The van der Waals surface area contributed by atoms with Crippen molar-refractivity contribution in [3.05, 3.63) is 11.7 Å². The smallest absolute Gasteiger partial charge is 0.255 e. The number of nitrogens with zero attached hydrogens (tertiary/aromatic N) is 4. The normalized spacial score (nSPS) is 27.0. The molecule has 0 spiro atoms. The zero-order valence-corrected chi connectivity index (χ0v) is 12.0. The Labute approximate surface area is 118 Å². The van der Waals surface area contributed by atoms with E-state index in [2.05, 4.69) is 15.1 Å². The molecule has 3 rings (SSSR count). The van der Waals surface area contributed by atoms with Crippen molar-refractivity contribution in [1.82, 2.24) is 15.0 Å². The molecule has 1 aromatic rings. The minimum atomic E-state index is -0.0872. The van der Waals surface area contributed by atoms with Crippen LogP contribution in [0.4, 0.5) is 0 Å². The highest BCUT2D eigenvalue weighted by molar-refractivity contribution is 5.77. The van der Waals surface area contributed by atoms with Gasteiger partial charge in [0.1, 0.15) is 6.10 Å². The maximum absolute atomic E-state index is 5.91. The van der Waals surface area contributed by atoms with Crippen molar-refractivity contribution < 1.29 is 9.26 Å². The molecule has 1 aliphatic heterocycles. The molecule has 7 nitrogen and oxygen atoms in total. The first-order valence-corrected chi connectivity index (χ1v) is 7.09. The molecule has 2 N–H and O–H groups in total. The van der Waals surface area contributed by atoms with Gasteiger partial charge in [-0.1, -0.05) is 5.16 Å². The summed E-state index contributed by atoms with van der Waals surface area (Å²) in [5.41, 5.74) is 5.76. The molecule has 0 radical (unpaired) electrons. The number of aliphatic imine (C=N–C) groups is 1. The summed E-state index contributed by atoms with van der Waals surface area (Å²) in [7, 11) is 3.74. The summed E-state index contributed by atoms with van der Waals surface area (Å²) in [4.78, 5) is 10.5. The fourth-order valence-electron chi connectivity index (χ4n) is 2.24. The highest BCUT2D eigenvalue weighted by atomic mass is 16.5. The second-order valence-electron chi connectivity index (χ2n) is 5.68. The van der Waals surface area contributed by atoms with Crippen LogP contribution in [0.1, 0.15) is 49.4 Å². The van der Waals surface area contributed by atoms with Crippen LogP contribution in [0.3, 0.4) is 0 Å². The molecule has 7 heteroatoms. The Kier molecular flexibility index (Phi) is 3.60. The molecule has 2 heterocycles. The van der Waals surface area contributed by atoms with Gasteiger partial charge in [-0.15, -0.1) is 0 Å². The average molecular weight is 279 g/mol. The molecule has 2 atom stereocenters. The van der Waals surface area contributed by atoms with Crippen molar-refractivity contribution in [2.75, 3.05) is 20.6 Å². The van der Waals surface area contributed by atoms with Crippen molar-refractivity contribution in [3.63, 3.8) is 0 Å². The first-order chi connectivity index (χ1) is 9.63. The van der Waals surface area contributed by atoms with Gasteiger partial charge >= 0.3 is 0 Å². The van der Waals surface area contributed by atoms with Crippen LogP contribution in [0.25, 0.3) is 0 Å². The Morgan fingerprint density at radius 3 is 2.85 bits per heavy atom. The lowest BCUT2D eigenvalue weighted by molar-refractivity contribution is 0.0308. The van der Waals surface area contributed by atoms with Crippen LogP contribution in [-0.2, 0) is 4.74 Å². The summed E-state index contributed by atoms with van der Waals surface area (Å²) >= 11 is 0. The van der Waals surface area contributed by atoms with E-state index in [1.165, 1.54) is 12.8 Å². The van der Waals surface area contributed by atoms with Crippen LogP contribution in [0.15, 0.2) is 9.52 Å². The largest absolute Gasteiger partial charge is 0.370 e. The zero-order valence-electron chi connectivity index (χ0n) is 12.0. The Bertz CT molecular complexity index is 495. The van der Waals surface area contributed by atoms with Crippen molar-refractivity contribution >= 4 is 5.96 Å². The standard InChI is InChI=1S/C13H21N5O2/c1-18(2)13(14)15-7-9-5-6-10(19-9)12-16-11(17-20-12)8-3-4-8/h8-10H,3-7H2,1-2H3,(H2,14,15)/t9-,10+/m1/s1. The lowest BCUT2D eigenvalue weighted by Crippen LogP contribution is -2.31. The van der Waals surface area contributed by atoms with Crippen molar-refractivity contribution in [2.45, 2.75) is 43.8 Å². The maximum Gasteiger partial charge on any atom is 0.255 e. The summed E-state index contributed by atoms with van der Waals surface area (Å²) < 4.78 is 11.2. The van der Waals surface area contributed by atoms with E-state index in [-0.39, 0.29) is 12.2 Å². The van der Waals surface area contributed by atoms with E-state index >= 15 is 0 Å². The zero-order chi connectivity index (χ0) is 14.1. The fraction of sp³-hybridized carbons (Fsp3) is 0.769. The fourth-order valence-corrected chi connectivity index (χ4v) is 2.24. The molecule has 0 bridgehead atoms. The Hall–Kier alpha value is -1.63. The molecule has 1 saturated carbocycles. The molecular formula is C13H21N5O2.